The molecule has 0 radical (unpaired) electrons. The maximum absolute atomic E-state index is 5.06. The van der Waals surface area contributed by atoms with Crippen LogP contribution in [0.15, 0.2) is 61.3 Å². The number of fused-ring (bicyclic) bond motifs is 1. The van der Waals surface area contributed by atoms with Crippen molar-refractivity contribution in [2.24, 2.45) is 0 Å². The number of hydrogen-bond donors (Lipinski definition) is 1. The molecule has 86 valence electrons. The first-order valence-corrected chi connectivity index (χ1v) is 5.54. The minimum Gasteiger partial charge on any atom is -0.274 e. The van der Waals surface area contributed by atoms with Crippen LogP contribution in [0, 0.1) is 0 Å². The van der Waals surface area contributed by atoms with Crippen molar-refractivity contribution in [3.8, 4) is 0 Å². The maximum Gasteiger partial charge on any atom is 0.0924 e. The minimum absolute atomic E-state index is 0.486. The molecule has 0 aromatic heterocycles. The van der Waals surface area contributed by atoms with Gasteiger partial charge in [0.25, 0.3) is 0 Å². The molecule has 0 aliphatic carbocycles. The first kappa shape index (κ1) is 11.4. The highest BCUT2D eigenvalue weighted by Gasteiger charge is 1.95. The monoisotopic (exact) mass is 225 g/mol. The molecular weight excluding hydrogens is 210 g/mol. The molecule has 0 fully saturated rings. The molecule has 2 rings (SSSR count). The minimum atomic E-state index is 0.486. The van der Waals surface area contributed by atoms with Gasteiger partial charge in [-0.2, -0.15) is 0 Å². The average molecular weight is 225 g/mol. The highest BCUT2D eigenvalue weighted by Crippen LogP contribution is 2.19. The van der Waals surface area contributed by atoms with E-state index in [9.17, 15) is 0 Å². The van der Waals surface area contributed by atoms with Gasteiger partial charge in [-0.15, -0.1) is 6.58 Å². The molecule has 0 saturated heterocycles. The Morgan fingerprint density at radius 2 is 1.94 bits per heavy atom. The third kappa shape index (κ3) is 2.95. The Morgan fingerprint density at radius 1 is 1.12 bits per heavy atom. The van der Waals surface area contributed by atoms with Gasteiger partial charge in [-0.25, -0.2) is 0 Å². The predicted molar refractivity (Wildman–Crippen MR) is 72.3 cm³/mol. The zero-order chi connectivity index (χ0) is 11.9. The topological polar surface area (TPSA) is 21.3 Å². The molecule has 0 heterocycles. The van der Waals surface area contributed by atoms with E-state index in [1.165, 1.54) is 10.8 Å². The smallest absolute Gasteiger partial charge is 0.0924 e. The third-order valence-corrected chi connectivity index (χ3v) is 2.44. The standard InChI is InChI=1S/C15H15NO/c1-2-12-17-16-11-10-14-8-5-7-13-6-3-4-9-15(13)14/h2-11,16H,1,12H2. The summed E-state index contributed by atoms with van der Waals surface area (Å²) in [7, 11) is 0. The van der Waals surface area contributed by atoms with Gasteiger partial charge >= 0.3 is 0 Å². The van der Waals surface area contributed by atoms with Gasteiger partial charge in [-0.1, -0.05) is 48.5 Å². The number of nitrogens with one attached hydrogen (secondary N) is 1. The van der Waals surface area contributed by atoms with Gasteiger partial charge in [0.15, 0.2) is 0 Å². The zero-order valence-corrected chi connectivity index (χ0v) is 9.60. The highest BCUT2D eigenvalue weighted by molar-refractivity contribution is 5.90. The molecule has 0 saturated carbocycles. The summed E-state index contributed by atoms with van der Waals surface area (Å²) in [6, 6.07) is 14.5. The van der Waals surface area contributed by atoms with Crippen LogP contribution in [0.4, 0.5) is 0 Å². The van der Waals surface area contributed by atoms with Gasteiger partial charge in [0, 0.05) is 6.20 Å². The fourth-order valence-electron chi connectivity index (χ4n) is 1.67. The largest absolute Gasteiger partial charge is 0.274 e. The Hall–Kier alpha value is -2.06. The Morgan fingerprint density at radius 3 is 2.82 bits per heavy atom. The fraction of sp³-hybridized carbons (Fsp3) is 0.0667. The average Bonchev–Trinajstić information content (AvgIpc) is 2.39. The first-order valence-electron chi connectivity index (χ1n) is 5.54. The van der Waals surface area contributed by atoms with Crippen LogP contribution in [-0.4, -0.2) is 6.61 Å². The molecule has 0 spiro atoms. The van der Waals surface area contributed by atoms with Gasteiger partial charge in [-0.05, 0) is 22.4 Å². The van der Waals surface area contributed by atoms with Gasteiger partial charge in [0.05, 0.1) is 6.61 Å². The van der Waals surface area contributed by atoms with Crippen LogP contribution < -0.4 is 5.48 Å². The summed E-state index contributed by atoms with van der Waals surface area (Å²) in [5.41, 5.74) is 3.91. The lowest BCUT2D eigenvalue weighted by Crippen LogP contribution is -2.05. The molecule has 0 unspecified atom stereocenters. The predicted octanol–water partition coefficient (Wildman–Crippen LogP) is 3.52. The summed E-state index contributed by atoms with van der Waals surface area (Å²) in [5, 5.41) is 2.47. The van der Waals surface area contributed by atoms with Crippen LogP contribution in [0.5, 0.6) is 0 Å². The number of rotatable bonds is 5. The second-order valence-electron chi connectivity index (χ2n) is 3.62. The van der Waals surface area contributed by atoms with E-state index in [4.69, 9.17) is 4.84 Å². The van der Waals surface area contributed by atoms with Crippen molar-refractivity contribution in [2.45, 2.75) is 0 Å². The van der Waals surface area contributed by atoms with E-state index < -0.39 is 0 Å². The lowest BCUT2D eigenvalue weighted by Gasteiger charge is -2.02. The Balaban J connectivity index is 2.15. The van der Waals surface area contributed by atoms with E-state index >= 15 is 0 Å². The van der Waals surface area contributed by atoms with Crippen molar-refractivity contribution in [3.63, 3.8) is 0 Å². The van der Waals surface area contributed by atoms with E-state index in [-0.39, 0.29) is 0 Å². The Bertz CT molecular complexity index is 526. The van der Waals surface area contributed by atoms with Gasteiger partial charge in [-0.3, -0.25) is 10.3 Å². The second kappa shape index (κ2) is 5.87. The molecular formula is C15H15NO. The van der Waals surface area contributed by atoms with Crippen molar-refractivity contribution in [3.05, 3.63) is 66.9 Å². The molecule has 0 aliphatic heterocycles. The van der Waals surface area contributed by atoms with E-state index in [0.29, 0.717) is 6.61 Å². The van der Waals surface area contributed by atoms with Crippen LogP contribution in [0.3, 0.4) is 0 Å². The summed E-state index contributed by atoms with van der Waals surface area (Å²) in [6.45, 7) is 4.05. The molecule has 0 bridgehead atoms. The summed E-state index contributed by atoms with van der Waals surface area (Å²) in [5.74, 6) is 0. The van der Waals surface area contributed by atoms with Crippen LogP contribution in [0.1, 0.15) is 5.56 Å². The number of benzene rings is 2. The van der Waals surface area contributed by atoms with Crippen molar-refractivity contribution in [1.29, 1.82) is 0 Å². The van der Waals surface area contributed by atoms with Gasteiger partial charge < -0.3 is 0 Å². The molecule has 2 nitrogen and oxygen atoms in total. The highest BCUT2D eigenvalue weighted by atomic mass is 16.6. The van der Waals surface area contributed by atoms with Crippen LogP contribution in [0.2, 0.25) is 0 Å². The van der Waals surface area contributed by atoms with Crippen molar-refractivity contribution in [2.75, 3.05) is 6.61 Å². The summed E-state index contributed by atoms with van der Waals surface area (Å²) in [4.78, 5) is 5.06. The molecule has 17 heavy (non-hydrogen) atoms. The molecule has 0 aliphatic rings. The van der Waals surface area contributed by atoms with Crippen LogP contribution >= 0.6 is 0 Å². The van der Waals surface area contributed by atoms with Crippen molar-refractivity contribution < 1.29 is 4.84 Å². The maximum atomic E-state index is 5.06. The zero-order valence-electron chi connectivity index (χ0n) is 9.60. The van der Waals surface area contributed by atoms with E-state index in [1.54, 1.807) is 12.3 Å². The molecule has 2 heteroatoms. The molecule has 2 aromatic carbocycles. The van der Waals surface area contributed by atoms with Gasteiger partial charge in [0.2, 0.25) is 0 Å². The normalized spacial score (nSPS) is 10.8. The summed E-state index contributed by atoms with van der Waals surface area (Å²) >= 11 is 0. The molecule has 0 atom stereocenters. The Kier molecular flexibility index (Phi) is 3.95. The molecule has 1 N–H and O–H groups in total. The lowest BCUT2D eigenvalue weighted by molar-refractivity contribution is 0.0963. The van der Waals surface area contributed by atoms with E-state index in [2.05, 4.69) is 36.3 Å². The number of hydrogen-bond acceptors (Lipinski definition) is 2. The second-order valence-corrected chi connectivity index (χ2v) is 3.62. The van der Waals surface area contributed by atoms with Gasteiger partial charge in [0.1, 0.15) is 0 Å². The quantitative estimate of drug-likeness (QED) is 0.477. The van der Waals surface area contributed by atoms with Crippen LogP contribution in [0.25, 0.3) is 16.8 Å². The lowest BCUT2D eigenvalue weighted by atomic mass is 10.0. The Labute approximate surface area is 101 Å². The number of hydroxylamine groups is 1. The van der Waals surface area contributed by atoms with Crippen LogP contribution in [-0.2, 0) is 4.84 Å². The van der Waals surface area contributed by atoms with E-state index in [1.807, 2.05) is 24.3 Å². The fourth-order valence-corrected chi connectivity index (χ4v) is 1.67. The summed E-state index contributed by atoms with van der Waals surface area (Å²) < 4.78 is 0. The summed E-state index contributed by atoms with van der Waals surface area (Å²) in [6.07, 6.45) is 5.47. The molecule has 2 aromatic rings. The third-order valence-electron chi connectivity index (χ3n) is 2.44. The van der Waals surface area contributed by atoms with Crippen molar-refractivity contribution in [1.82, 2.24) is 5.48 Å². The first-order chi connectivity index (χ1) is 8.42. The SMILES string of the molecule is C=CCONC=Cc1cccc2ccccc12. The molecule has 0 amide bonds. The van der Waals surface area contributed by atoms with E-state index in [0.717, 1.165) is 5.56 Å². The van der Waals surface area contributed by atoms with Crippen molar-refractivity contribution >= 4 is 16.8 Å².